The van der Waals surface area contributed by atoms with Crippen LogP contribution in [0.15, 0.2) is 71.2 Å². The molecule has 0 saturated heterocycles. The largest absolute Gasteiger partial charge is 0.453 e. The van der Waals surface area contributed by atoms with Crippen molar-refractivity contribution in [3.63, 3.8) is 0 Å². The number of rotatable bonds is 1. The third-order valence-electron chi connectivity index (χ3n) is 6.45. The molecular formula is C27H22BrNO4. The SMILES string of the molecule is CC(C)(C)OC(=O)N[C@]12c3c(c(Br)cc4ccccc34)O[C@@]1(O)c1cccc3cccc2c13. The van der Waals surface area contributed by atoms with Crippen LogP contribution in [0.3, 0.4) is 0 Å². The first-order chi connectivity index (χ1) is 15.7. The third kappa shape index (κ3) is 2.59. The molecule has 0 unspecified atom stereocenters. The van der Waals surface area contributed by atoms with Gasteiger partial charge in [0.25, 0.3) is 5.79 Å². The zero-order valence-corrected chi connectivity index (χ0v) is 20.0. The molecule has 2 N–H and O–H groups in total. The van der Waals surface area contributed by atoms with Crippen LogP contribution in [0.1, 0.15) is 37.5 Å². The average Bonchev–Trinajstić information content (AvgIpc) is 3.13. The molecule has 0 saturated carbocycles. The smallest absolute Gasteiger partial charge is 0.408 e. The van der Waals surface area contributed by atoms with Crippen molar-refractivity contribution >= 4 is 43.6 Å². The highest BCUT2D eigenvalue weighted by Gasteiger charge is 2.68. The summed E-state index contributed by atoms with van der Waals surface area (Å²) in [6.07, 6.45) is -0.633. The first kappa shape index (κ1) is 20.5. The third-order valence-corrected chi connectivity index (χ3v) is 7.04. The van der Waals surface area contributed by atoms with Gasteiger partial charge >= 0.3 is 6.09 Å². The number of halogens is 1. The molecule has 0 aromatic heterocycles. The topological polar surface area (TPSA) is 67.8 Å². The summed E-state index contributed by atoms with van der Waals surface area (Å²) in [6.45, 7) is 5.43. The van der Waals surface area contributed by atoms with Crippen LogP contribution in [0.25, 0.3) is 21.5 Å². The lowest BCUT2D eigenvalue weighted by molar-refractivity contribution is -0.173. The molecule has 1 heterocycles. The van der Waals surface area contributed by atoms with Crippen molar-refractivity contribution < 1.29 is 19.4 Å². The van der Waals surface area contributed by atoms with Gasteiger partial charge in [-0.2, -0.15) is 0 Å². The van der Waals surface area contributed by atoms with E-state index < -0.39 is 23.0 Å². The maximum Gasteiger partial charge on any atom is 0.408 e. The van der Waals surface area contributed by atoms with Gasteiger partial charge in [0.2, 0.25) is 0 Å². The molecule has 2 atom stereocenters. The lowest BCUT2D eigenvalue weighted by Crippen LogP contribution is -2.58. The van der Waals surface area contributed by atoms with E-state index in [9.17, 15) is 9.90 Å². The second-order valence-corrected chi connectivity index (χ2v) is 10.5. The molecule has 0 fully saturated rings. The summed E-state index contributed by atoms with van der Waals surface area (Å²) >= 11 is 3.64. The van der Waals surface area contributed by atoms with Crippen LogP contribution in [0.4, 0.5) is 4.79 Å². The van der Waals surface area contributed by atoms with E-state index >= 15 is 0 Å². The van der Waals surface area contributed by atoms with Crippen molar-refractivity contribution in [1.82, 2.24) is 5.32 Å². The van der Waals surface area contributed by atoms with Gasteiger partial charge in [0.1, 0.15) is 11.4 Å². The summed E-state index contributed by atoms with van der Waals surface area (Å²) < 4.78 is 12.8. The van der Waals surface area contributed by atoms with Crippen LogP contribution in [0, 0.1) is 0 Å². The summed E-state index contributed by atoms with van der Waals surface area (Å²) in [5.41, 5.74) is -0.0378. The van der Waals surface area contributed by atoms with Gasteiger partial charge < -0.3 is 19.9 Å². The molecule has 5 nitrogen and oxygen atoms in total. The molecule has 0 bridgehead atoms. The second kappa shape index (κ2) is 6.49. The molecule has 6 heteroatoms. The van der Waals surface area contributed by atoms with Crippen LogP contribution in [-0.4, -0.2) is 16.8 Å². The van der Waals surface area contributed by atoms with Crippen molar-refractivity contribution in [1.29, 1.82) is 0 Å². The number of aliphatic hydroxyl groups is 1. The summed E-state index contributed by atoms with van der Waals surface area (Å²) in [6, 6.07) is 21.5. The Morgan fingerprint density at radius 1 is 1.00 bits per heavy atom. The number of fused-ring (bicyclic) bond motifs is 7. The number of ether oxygens (including phenoxy) is 2. The van der Waals surface area contributed by atoms with E-state index in [4.69, 9.17) is 9.47 Å². The number of alkyl carbamates (subject to hydrolysis) is 1. The first-order valence-electron chi connectivity index (χ1n) is 10.8. The summed E-state index contributed by atoms with van der Waals surface area (Å²) in [5.74, 6) is -1.36. The monoisotopic (exact) mass is 503 g/mol. The van der Waals surface area contributed by atoms with Gasteiger partial charge in [-0.1, -0.05) is 60.7 Å². The minimum Gasteiger partial charge on any atom is -0.453 e. The number of nitrogens with one attached hydrogen (secondary N) is 1. The van der Waals surface area contributed by atoms with Gasteiger partial charge in [-0.25, -0.2) is 4.79 Å². The molecule has 2 aliphatic rings. The molecule has 1 amide bonds. The molecule has 4 aromatic rings. The molecule has 4 aromatic carbocycles. The second-order valence-electron chi connectivity index (χ2n) is 9.62. The number of hydrogen-bond acceptors (Lipinski definition) is 4. The van der Waals surface area contributed by atoms with Crippen LogP contribution < -0.4 is 10.1 Å². The zero-order chi connectivity index (χ0) is 23.2. The van der Waals surface area contributed by atoms with Gasteiger partial charge in [-0.05, 0) is 69.9 Å². The highest BCUT2D eigenvalue weighted by atomic mass is 79.9. The summed E-state index contributed by atoms with van der Waals surface area (Å²) in [4.78, 5) is 13.3. The molecule has 0 radical (unpaired) electrons. The van der Waals surface area contributed by atoms with Crippen LogP contribution in [0.2, 0.25) is 0 Å². The molecule has 6 rings (SSSR count). The predicted molar refractivity (Wildman–Crippen MR) is 130 cm³/mol. The lowest BCUT2D eigenvalue weighted by atomic mass is 9.78. The predicted octanol–water partition coefficient (Wildman–Crippen LogP) is 6.07. The maximum atomic E-state index is 13.3. The Morgan fingerprint density at radius 3 is 2.39 bits per heavy atom. The minimum absolute atomic E-state index is 0.499. The Morgan fingerprint density at radius 2 is 1.67 bits per heavy atom. The fourth-order valence-corrected chi connectivity index (χ4v) is 5.87. The van der Waals surface area contributed by atoms with Crippen molar-refractivity contribution in [2.24, 2.45) is 0 Å². The van der Waals surface area contributed by atoms with Crippen LogP contribution in [0.5, 0.6) is 5.75 Å². The number of carbonyl (C=O) groups is 1. The molecule has 0 spiro atoms. The molecule has 166 valence electrons. The Balaban J connectivity index is 1.74. The normalized spacial score (nSPS) is 22.7. The summed E-state index contributed by atoms with van der Waals surface area (Å²) in [5, 5.41) is 19.1. The van der Waals surface area contributed by atoms with E-state index in [-0.39, 0.29) is 0 Å². The number of benzene rings is 4. The van der Waals surface area contributed by atoms with Gasteiger partial charge in [-0.3, -0.25) is 0 Å². The van der Waals surface area contributed by atoms with Crippen molar-refractivity contribution in [3.05, 3.63) is 87.9 Å². The molecular weight excluding hydrogens is 482 g/mol. The van der Waals surface area contributed by atoms with E-state index in [0.29, 0.717) is 21.3 Å². The van der Waals surface area contributed by atoms with Crippen LogP contribution in [-0.2, 0) is 16.1 Å². The Hall–Kier alpha value is -3.09. The highest BCUT2D eigenvalue weighted by molar-refractivity contribution is 9.10. The Labute approximate surface area is 199 Å². The Kier molecular flexibility index (Phi) is 4.03. The lowest BCUT2D eigenvalue weighted by Gasteiger charge is -2.37. The van der Waals surface area contributed by atoms with E-state index in [0.717, 1.165) is 27.1 Å². The standard InChI is InChI=1S/C27H22BrNO4/c1-25(2,3)33-24(30)29-26-18-12-6-9-15-10-7-13-19(21(15)18)27(26,31)32-23-20(28)14-16-8-4-5-11-17(16)22(23)26/h4-14,31H,1-3H3,(H,29,30)/t26-,27+/m1/s1. The molecule has 33 heavy (non-hydrogen) atoms. The van der Waals surface area contributed by atoms with Gasteiger partial charge in [0.15, 0.2) is 5.54 Å². The maximum absolute atomic E-state index is 13.3. The Bertz CT molecular complexity index is 1490. The van der Waals surface area contributed by atoms with Gasteiger partial charge in [0.05, 0.1) is 4.47 Å². The van der Waals surface area contributed by atoms with Crippen LogP contribution >= 0.6 is 15.9 Å². The average molecular weight is 504 g/mol. The number of carbonyl (C=O) groups excluding carboxylic acids is 1. The van der Waals surface area contributed by atoms with Gasteiger partial charge in [-0.15, -0.1) is 0 Å². The van der Waals surface area contributed by atoms with Crippen molar-refractivity contribution in [3.8, 4) is 5.75 Å². The first-order valence-corrected chi connectivity index (χ1v) is 11.6. The van der Waals surface area contributed by atoms with E-state index in [1.807, 2.05) is 87.5 Å². The molecule has 1 aliphatic heterocycles. The fourth-order valence-electron chi connectivity index (χ4n) is 5.34. The quantitative estimate of drug-likeness (QED) is 0.330. The van der Waals surface area contributed by atoms with E-state index in [1.54, 1.807) is 0 Å². The number of amides is 1. The minimum atomic E-state index is -1.86. The van der Waals surface area contributed by atoms with E-state index in [2.05, 4.69) is 21.2 Å². The highest BCUT2D eigenvalue weighted by Crippen LogP contribution is 2.64. The van der Waals surface area contributed by atoms with Crippen molar-refractivity contribution in [2.75, 3.05) is 0 Å². The summed E-state index contributed by atoms with van der Waals surface area (Å²) in [7, 11) is 0. The fraction of sp³-hybridized carbons (Fsp3) is 0.222. The van der Waals surface area contributed by atoms with E-state index in [1.165, 1.54) is 0 Å². The zero-order valence-electron chi connectivity index (χ0n) is 18.4. The number of hydrogen-bond donors (Lipinski definition) is 2. The molecule has 1 aliphatic carbocycles. The van der Waals surface area contributed by atoms with Crippen molar-refractivity contribution in [2.45, 2.75) is 37.7 Å². The van der Waals surface area contributed by atoms with Gasteiger partial charge in [0, 0.05) is 11.1 Å².